The van der Waals surface area contributed by atoms with Gasteiger partial charge in [0, 0.05) is 18.2 Å². The second-order valence-electron chi connectivity index (χ2n) is 6.05. The number of carbonyl (C=O) groups excluding carboxylic acids is 2. The number of anilines is 1. The molecule has 0 spiro atoms. The van der Waals surface area contributed by atoms with Crippen molar-refractivity contribution in [2.24, 2.45) is 0 Å². The molecule has 1 fully saturated rings. The summed E-state index contributed by atoms with van der Waals surface area (Å²) in [5.74, 6) is -0.344. The van der Waals surface area contributed by atoms with E-state index < -0.39 is 5.91 Å². The van der Waals surface area contributed by atoms with Crippen molar-refractivity contribution in [3.8, 4) is 5.75 Å². The van der Waals surface area contributed by atoms with E-state index in [1.54, 1.807) is 30.3 Å². The van der Waals surface area contributed by atoms with E-state index in [9.17, 15) is 9.59 Å². The number of rotatable bonds is 6. The first kappa shape index (κ1) is 19.1. The minimum atomic E-state index is -0.468. The molecule has 2 aromatic rings. The largest absolute Gasteiger partial charge is 0.495 e. The van der Waals surface area contributed by atoms with E-state index in [0.29, 0.717) is 23.0 Å². The Morgan fingerprint density at radius 1 is 1.26 bits per heavy atom. The summed E-state index contributed by atoms with van der Waals surface area (Å²) in [6.07, 6.45) is 1.97. The minimum Gasteiger partial charge on any atom is -0.495 e. The quantitative estimate of drug-likeness (QED) is 0.792. The molecule has 7 nitrogen and oxygen atoms in total. The summed E-state index contributed by atoms with van der Waals surface area (Å²) < 4.78 is 10.7. The molecule has 1 unspecified atom stereocenters. The summed E-state index contributed by atoms with van der Waals surface area (Å²) in [6.45, 7) is 1.15. The number of hydrogen-bond donors (Lipinski definition) is 2. The third-order valence-electron chi connectivity index (χ3n) is 4.14. The molecular formula is C19H20ClN3O4. The highest BCUT2D eigenvalue weighted by Crippen LogP contribution is 2.28. The topological polar surface area (TPSA) is 89.5 Å². The number of hydrogen-bond acceptors (Lipinski definition) is 5. The van der Waals surface area contributed by atoms with Crippen LogP contribution in [0.15, 0.2) is 36.4 Å². The van der Waals surface area contributed by atoms with Crippen LogP contribution in [0.5, 0.6) is 5.75 Å². The molecular weight excluding hydrogens is 370 g/mol. The molecule has 0 aliphatic carbocycles. The number of carbonyl (C=O) groups is 2. The van der Waals surface area contributed by atoms with Gasteiger partial charge in [-0.2, -0.15) is 0 Å². The Hall–Kier alpha value is -2.64. The Balaban J connectivity index is 1.68. The lowest BCUT2D eigenvalue weighted by molar-refractivity contribution is 0.0853. The number of nitrogens with zero attached hydrogens (tertiary/aromatic N) is 1. The molecule has 0 saturated carbocycles. The molecule has 0 bridgehead atoms. The average Bonchev–Trinajstić information content (AvgIpc) is 3.20. The van der Waals surface area contributed by atoms with Crippen LogP contribution in [0.4, 0.5) is 5.69 Å². The molecule has 0 radical (unpaired) electrons. The molecule has 142 valence electrons. The van der Waals surface area contributed by atoms with Crippen LogP contribution < -0.4 is 15.4 Å². The van der Waals surface area contributed by atoms with Crippen molar-refractivity contribution in [3.05, 3.63) is 52.8 Å². The van der Waals surface area contributed by atoms with Crippen molar-refractivity contribution in [2.75, 3.05) is 25.6 Å². The zero-order chi connectivity index (χ0) is 19.2. The van der Waals surface area contributed by atoms with E-state index in [1.165, 1.54) is 13.2 Å². The average molecular weight is 390 g/mol. The third kappa shape index (κ3) is 4.96. The number of nitrogens with one attached hydrogen (secondary N) is 2. The van der Waals surface area contributed by atoms with Crippen molar-refractivity contribution >= 4 is 29.1 Å². The Bertz CT molecular complexity index is 837. The van der Waals surface area contributed by atoms with Gasteiger partial charge in [-0.3, -0.25) is 9.59 Å². The van der Waals surface area contributed by atoms with Crippen molar-refractivity contribution in [1.82, 2.24) is 10.3 Å². The van der Waals surface area contributed by atoms with Crippen LogP contribution in [0.2, 0.25) is 5.02 Å². The molecule has 1 atom stereocenters. The molecule has 8 heteroatoms. The lowest BCUT2D eigenvalue weighted by Crippen LogP contribution is -2.32. The fourth-order valence-corrected chi connectivity index (χ4v) is 2.93. The highest BCUT2D eigenvalue weighted by atomic mass is 35.5. The zero-order valence-electron chi connectivity index (χ0n) is 14.8. The number of ether oxygens (including phenoxy) is 2. The summed E-state index contributed by atoms with van der Waals surface area (Å²) in [6, 6.07) is 9.59. The van der Waals surface area contributed by atoms with Crippen LogP contribution in [0.25, 0.3) is 0 Å². The van der Waals surface area contributed by atoms with Crippen LogP contribution in [0, 0.1) is 0 Å². The van der Waals surface area contributed by atoms with Crippen molar-refractivity contribution < 1.29 is 19.1 Å². The van der Waals surface area contributed by atoms with E-state index in [-0.39, 0.29) is 23.4 Å². The SMILES string of the molecule is COc1ccc(Cl)cc1NC(=O)c1cccc(C(=O)NCC2CCCO2)n1. The Kier molecular flexibility index (Phi) is 6.26. The first-order chi connectivity index (χ1) is 13.1. The minimum absolute atomic E-state index is 0.0377. The summed E-state index contributed by atoms with van der Waals surface area (Å²) in [5.41, 5.74) is 0.700. The van der Waals surface area contributed by atoms with Gasteiger partial charge in [0.05, 0.1) is 18.9 Å². The third-order valence-corrected chi connectivity index (χ3v) is 4.37. The monoisotopic (exact) mass is 389 g/mol. The van der Waals surface area contributed by atoms with Crippen LogP contribution in [-0.2, 0) is 4.74 Å². The molecule has 1 aromatic heterocycles. The molecule has 2 heterocycles. The summed E-state index contributed by atoms with van der Waals surface area (Å²) in [4.78, 5) is 28.9. The molecule has 1 saturated heterocycles. The lowest BCUT2D eigenvalue weighted by Gasteiger charge is -2.12. The van der Waals surface area contributed by atoms with Gasteiger partial charge < -0.3 is 20.1 Å². The standard InChI is InChI=1S/C19H20ClN3O4/c1-26-17-8-7-12(20)10-16(17)23-19(25)15-6-2-5-14(22-15)18(24)21-11-13-4-3-9-27-13/h2,5-8,10,13H,3-4,9,11H2,1H3,(H,21,24)(H,23,25). The second kappa shape index (κ2) is 8.83. The van der Waals surface area contributed by atoms with Crippen LogP contribution in [-0.4, -0.2) is 43.2 Å². The highest BCUT2D eigenvalue weighted by molar-refractivity contribution is 6.31. The predicted octanol–water partition coefficient (Wildman–Crippen LogP) is 2.90. The first-order valence-electron chi connectivity index (χ1n) is 8.58. The Morgan fingerprint density at radius 2 is 2.04 bits per heavy atom. The number of methoxy groups -OCH3 is 1. The number of halogens is 1. The highest BCUT2D eigenvalue weighted by Gasteiger charge is 2.18. The van der Waals surface area contributed by atoms with Gasteiger partial charge in [-0.1, -0.05) is 17.7 Å². The number of pyridine rings is 1. The Labute approximate surface area is 162 Å². The maximum Gasteiger partial charge on any atom is 0.274 e. The normalized spacial score (nSPS) is 16.0. The van der Waals surface area contributed by atoms with E-state index in [2.05, 4.69) is 15.6 Å². The zero-order valence-corrected chi connectivity index (χ0v) is 15.6. The van der Waals surface area contributed by atoms with Gasteiger partial charge in [-0.05, 0) is 43.2 Å². The summed E-state index contributed by atoms with van der Waals surface area (Å²) in [7, 11) is 1.50. The number of benzene rings is 1. The lowest BCUT2D eigenvalue weighted by atomic mass is 10.2. The van der Waals surface area contributed by atoms with Gasteiger partial charge in [-0.15, -0.1) is 0 Å². The van der Waals surface area contributed by atoms with Gasteiger partial charge >= 0.3 is 0 Å². The molecule has 27 heavy (non-hydrogen) atoms. The molecule has 1 aromatic carbocycles. The molecule has 3 rings (SSSR count). The van der Waals surface area contributed by atoms with E-state index in [1.807, 2.05) is 0 Å². The van der Waals surface area contributed by atoms with Gasteiger partial charge in [0.1, 0.15) is 17.1 Å². The van der Waals surface area contributed by atoms with E-state index in [0.717, 1.165) is 19.4 Å². The fraction of sp³-hybridized carbons (Fsp3) is 0.316. The van der Waals surface area contributed by atoms with Gasteiger partial charge in [0.15, 0.2) is 0 Å². The number of amides is 2. The van der Waals surface area contributed by atoms with Gasteiger partial charge in [0.2, 0.25) is 0 Å². The first-order valence-corrected chi connectivity index (χ1v) is 8.96. The molecule has 1 aliphatic heterocycles. The molecule has 2 amide bonds. The summed E-state index contributed by atoms with van der Waals surface area (Å²) in [5, 5.41) is 5.95. The second-order valence-corrected chi connectivity index (χ2v) is 6.49. The molecule has 1 aliphatic rings. The van der Waals surface area contributed by atoms with E-state index >= 15 is 0 Å². The van der Waals surface area contributed by atoms with Crippen LogP contribution in [0.1, 0.15) is 33.8 Å². The predicted molar refractivity (Wildman–Crippen MR) is 102 cm³/mol. The summed E-state index contributed by atoms with van der Waals surface area (Å²) >= 11 is 5.97. The van der Waals surface area contributed by atoms with Crippen molar-refractivity contribution in [2.45, 2.75) is 18.9 Å². The smallest absolute Gasteiger partial charge is 0.274 e. The van der Waals surface area contributed by atoms with Crippen LogP contribution in [0.3, 0.4) is 0 Å². The fourth-order valence-electron chi connectivity index (χ4n) is 2.75. The van der Waals surface area contributed by atoms with E-state index in [4.69, 9.17) is 21.1 Å². The molecule has 2 N–H and O–H groups in total. The van der Waals surface area contributed by atoms with Gasteiger partial charge in [0.25, 0.3) is 11.8 Å². The maximum absolute atomic E-state index is 12.5. The van der Waals surface area contributed by atoms with Crippen LogP contribution >= 0.6 is 11.6 Å². The van der Waals surface area contributed by atoms with Crippen molar-refractivity contribution in [1.29, 1.82) is 0 Å². The van der Waals surface area contributed by atoms with Gasteiger partial charge in [-0.25, -0.2) is 4.98 Å². The number of aromatic nitrogens is 1. The maximum atomic E-state index is 12.5. The van der Waals surface area contributed by atoms with Crippen molar-refractivity contribution in [3.63, 3.8) is 0 Å². The Morgan fingerprint density at radius 3 is 2.74 bits per heavy atom.